The number of aromatic nitrogens is 2. The Bertz CT molecular complexity index is 1010. The fourth-order valence-electron chi connectivity index (χ4n) is 4.33. The van der Waals surface area contributed by atoms with Crippen molar-refractivity contribution < 1.29 is 27.9 Å². The minimum atomic E-state index is -4.44. The molecule has 0 saturated carbocycles. The molecule has 1 aromatic heterocycles. The topological polar surface area (TPSA) is 95.4 Å². The first-order valence-electron chi connectivity index (χ1n) is 9.45. The normalized spacial score (nSPS) is 23.8. The number of carboxylic acid groups (broad SMARTS) is 1. The Morgan fingerprint density at radius 2 is 1.93 bits per heavy atom. The van der Waals surface area contributed by atoms with E-state index in [-0.39, 0.29) is 11.7 Å². The minimum Gasteiger partial charge on any atom is -0.465 e. The van der Waals surface area contributed by atoms with Crippen LogP contribution in [0.15, 0.2) is 30.3 Å². The average Bonchev–Trinajstić information content (AvgIpc) is 3.25. The third kappa shape index (κ3) is 3.25. The Labute approximate surface area is 169 Å². The van der Waals surface area contributed by atoms with Gasteiger partial charge in [-0.3, -0.25) is 9.69 Å². The van der Waals surface area contributed by atoms with Crippen LogP contribution in [0.2, 0.25) is 0 Å². The van der Waals surface area contributed by atoms with Crippen molar-refractivity contribution in [2.45, 2.75) is 43.9 Å². The molecule has 2 amide bonds. The molecule has 1 aromatic carbocycles. The number of carbonyl (C=O) groups is 2. The molecular formula is C20H19F3N4O3. The fraction of sp³-hybridized carbons (Fsp3) is 0.400. The number of rotatable bonds is 2. The van der Waals surface area contributed by atoms with E-state index in [1.54, 1.807) is 13.0 Å². The molecule has 30 heavy (non-hydrogen) atoms. The zero-order chi connectivity index (χ0) is 21.7. The van der Waals surface area contributed by atoms with Crippen molar-refractivity contribution in [3.63, 3.8) is 0 Å². The summed E-state index contributed by atoms with van der Waals surface area (Å²) in [6, 6.07) is 5.52. The number of carbonyl (C=O) groups excluding carboxylic acids is 1. The molecule has 2 aromatic rings. The van der Waals surface area contributed by atoms with Gasteiger partial charge in [-0.15, -0.1) is 0 Å². The molecule has 2 aliphatic rings. The van der Waals surface area contributed by atoms with E-state index < -0.39 is 29.4 Å². The lowest BCUT2D eigenvalue weighted by Gasteiger charge is -2.33. The number of hydrogen-bond acceptors (Lipinski definition) is 4. The summed E-state index contributed by atoms with van der Waals surface area (Å²) in [6.07, 6.45) is -4.53. The number of benzene rings is 1. The molecule has 158 valence electrons. The zero-order valence-corrected chi connectivity index (χ0v) is 16.0. The Morgan fingerprint density at radius 3 is 2.50 bits per heavy atom. The summed E-state index contributed by atoms with van der Waals surface area (Å²) in [7, 11) is 0. The van der Waals surface area contributed by atoms with E-state index in [9.17, 15) is 27.9 Å². The second kappa shape index (κ2) is 6.96. The van der Waals surface area contributed by atoms with Gasteiger partial charge in [0, 0.05) is 17.8 Å². The van der Waals surface area contributed by atoms with Crippen molar-refractivity contribution >= 4 is 12.0 Å². The Hall–Kier alpha value is -3.17. The van der Waals surface area contributed by atoms with E-state index in [0.717, 1.165) is 17.0 Å². The molecule has 3 heterocycles. The molecule has 2 aliphatic heterocycles. The van der Waals surface area contributed by atoms with Crippen molar-refractivity contribution in [3.8, 4) is 11.3 Å². The summed E-state index contributed by atoms with van der Waals surface area (Å²) in [5, 5.41) is 12.5. The maximum atomic E-state index is 12.8. The third-order valence-electron chi connectivity index (χ3n) is 5.73. The van der Waals surface area contributed by atoms with Gasteiger partial charge in [0.2, 0.25) is 5.91 Å². The first-order chi connectivity index (χ1) is 14.1. The van der Waals surface area contributed by atoms with Gasteiger partial charge in [-0.2, -0.15) is 13.2 Å². The maximum Gasteiger partial charge on any atom is 0.416 e. The van der Waals surface area contributed by atoms with Crippen LogP contribution < -0.4 is 5.32 Å². The molecule has 0 bridgehead atoms. The summed E-state index contributed by atoms with van der Waals surface area (Å²) < 4.78 is 38.5. The second-order valence-electron chi connectivity index (χ2n) is 7.57. The van der Waals surface area contributed by atoms with Gasteiger partial charge in [0.25, 0.3) is 0 Å². The van der Waals surface area contributed by atoms with Crippen molar-refractivity contribution in [1.82, 2.24) is 20.2 Å². The number of halogens is 3. The number of aryl methyl sites for hydroxylation is 1. The van der Waals surface area contributed by atoms with Crippen LogP contribution >= 0.6 is 0 Å². The summed E-state index contributed by atoms with van der Waals surface area (Å²) in [6.45, 7) is 2.11. The van der Waals surface area contributed by atoms with Crippen LogP contribution in [0.3, 0.4) is 0 Å². The largest absolute Gasteiger partial charge is 0.465 e. The predicted octanol–water partition coefficient (Wildman–Crippen LogP) is 3.54. The van der Waals surface area contributed by atoms with Crippen molar-refractivity contribution in [1.29, 1.82) is 0 Å². The molecule has 0 radical (unpaired) electrons. The molecule has 4 rings (SSSR count). The number of likely N-dealkylation sites (tertiary alicyclic amines) is 1. The summed E-state index contributed by atoms with van der Waals surface area (Å²) in [5.41, 5.74) is -0.481. The van der Waals surface area contributed by atoms with Crippen LogP contribution in [0, 0.1) is 6.92 Å². The highest BCUT2D eigenvalue weighted by Gasteiger charge is 2.57. The highest BCUT2D eigenvalue weighted by Crippen LogP contribution is 2.45. The quantitative estimate of drug-likeness (QED) is 0.775. The first-order valence-corrected chi connectivity index (χ1v) is 9.45. The van der Waals surface area contributed by atoms with Crippen LogP contribution in [-0.4, -0.2) is 44.1 Å². The zero-order valence-electron chi connectivity index (χ0n) is 16.0. The highest BCUT2D eigenvalue weighted by molar-refractivity contribution is 5.92. The number of amides is 2. The Morgan fingerprint density at radius 1 is 1.23 bits per heavy atom. The molecule has 7 nitrogen and oxygen atoms in total. The van der Waals surface area contributed by atoms with Gasteiger partial charge in [0.15, 0.2) is 5.82 Å². The van der Waals surface area contributed by atoms with E-state index in [1.807, 2.05) is 0 Å². The van der Waals surface area contributed by atoms with Gasteiger partial charge in [-0.1, -0.05) is 12.1 Å². The van der Waals surface area contributed by atoms with Crippen LogP contribution in [-0.2, 0) is 11.0 Å². The van der Waals surface area contributed by atoms with Crippen molar-refractivity contribution in [2.75, 3.05) is 6.54 Å². The number of nitrogens with zero attached hydrogens (tertiary/aromatic N) is 3. The lowest BCUT2D eigenvalue weighted by atomic mass is 9.95. The molecule has 2 saturated heterocycles. The first kappa shape index (κ1) is 20.1. The lowest BCUT2D eigenvalue weighted by Crippen LogP contribution is -2.52. The van der Waals surface area contributed by atoms with Crippen LogP contribution in [0.5, 0.6) is 0 Å². The van der Waals surface area contributed by atoms with E-state index in [0.29, 0.717) is 42.8 Å². The van der Waals surface area contributed by atoms with Crippen LogP contribution in [0.25, 0.3) is 11.3 Å². The van der Waals surface area contributed by atoms with Gasteiger partial charge in [-0.05, 0) is 44.4 Å². The summed E-state index contributed by atoms with van der Waals surface area (Å²) >= 11 is 0. The molecule has 2 N–H and O–H groups in total. The molecule has 2 fully saturated rings. The third-order valence-corrected chi connectivity index (χ3v) is 5.73. The Kier molecular flexibility index (Phi) is 4.67. The number of nitrogens with one attached hydrogen (secondary N) is 1. The average molecular weight is 420 g/mol. The van der Waals surface area contributed by atoms with Gasteiger partial charge >= 0.3 is 12.3 Å². The molecule has 0 aliphatic carbocycles. The molecule has 2 atom stereocenters. The van der Waals surface area contributed by atoms with E-state index in [2.05, 4.69) is 15.3 Å². The monoisotopic (exact) mass is 420 g/mol. The van der Waals surface area contributed by atoms with Crippen molar-refractivity contribution in [3.05, 3.63) is 47.4 Å². The molecule has 0 unspecified atom stereocenters. The smallest absolute Gasteiger partial charge is 0.416 e. The van der Waals surface area contributed by atoms with Gasteiger partial charge in [0.1, 0.15) is 5.54 Å². The molecular weight excluding hydrogens is 401 g/mol. The SMILES string of the molecule is Cc1cc(-c2ccc(C(F)(F)F)cc2)nc([C@H]2CC[C@]3(CCNC3=O)N2C(=O)O)n1. The highest BCUT2D eigenvalue weighted by atomic mass is 19.4. The predicted molar refractivity (Wildman–Crippen MR) is 99.4 cm³/mol. The number of hydrogen-bond donors (Lipinski definition) is 2. The van der Waals surface area contributed by atoms with Gasteiger partial charge in [0.05, 0.1) is 17.3 Å². The van der Waals surface area contributed by atoms with Crippen LogP contribution in [0.1, 0.15) is 42.4 Å². The molecule has 10 heteroatoms. The van der Waals surface area contributed by atoms with E-state index in [1.165, 1.54) is 12.1 Å². The molecule has 1 spiro atoms. The summed E-state index contributed by atoms with van der Waals surface area (Å²) in [5.74, 6) is -0.0770. The van der Waals surface area contributed by atoms with Crippen molar-refractivity contribution in [2.24, 2.45) is 0 Å². The second-order valence-corrected chi connectivity index (χ2v) is 7.57. The van der Waals surface area contributed by atoms with E-state index >= 15 is 0 Å². The van der Waals surface area contributed by atoms with Gasteiger partial charge < -0.3 is 10.4 Å². The maximum absolute atomic E-state index is 12.8. The van der Waals surface area contributed by atoms with E-state index in [4.69, 9.17) is 0 Å². The minimum absolute atomic E-state index is 0.240. The summed E-state index contributed by atoms with van der Waals surface area (Å²) in [4.78, 5) is 34.4. The Balaban J connectivity index is 1.71. The lowest BCUT2D eigenvalue weighted by molar-refractivity contribution is -0.137. The van der Waals surface area contributed by atoms with Crippen LogP contribution in [0.4, 0.5) is 18.0 Å². The fourth-order valence-corrected chi connectivity index (χ4v) is 4.33. The standard InChI is InChI=1S/C20H19F3N4O3/c1-11-10-14(12-2-4-13(5-3-12)20(21,22)23)26-16(25-11)15-6-7-19(27(15)18(29)30)8-9-24-17(19)28/h2-5,10,15H,6-9H2,1H3,(H,24,28)(H,29,30)/t15-,19-/m1/s1. The van der Waals surface area contributed by atoms with Gasteiger partial charge in [-0.25, -0.2) is 14.8 Å². The number of alkyl halides is 3.